The van der Waals surface area contributed by atoms with E-state index >= 15 is 0 Å². The van der Waals surface area contributed by atoms with Gasteiger partial charge in [0.05, 0.1) is 18.6 Å². The van der Waals surface area contributed by atoms with E-state index < -0.39 is 24.5 Å². The summed E-state index contributed by atoms with van der Waals surface area (Å²) in [7, 11) is 0. The van der Waals surface area contributed by atoms with Crippen molar-refractivity contribution in [2.45, 2.75) is 18.6 Å². The molecule has 0 aromatic heterocycles. The van der Waals surface area contributed by atoms with Gasteiger partial charge in [-0.25, -0.2) is 0 Å². The molecule has 58 valence electrons. The summed E-state index contributed by atoms with van der Waals surface area (Å²) in [6.07, 6.45) is -1.47. The van der Waals surface area contributed by atoms with Gasteiger partial charge >= 0.3 is 5.97 Å². The Morgan fingerprint density at radius 2 is 2.20 bits per heavy atom. The van der Waals surface area contributed by atoms with E-state index in [4.69, 9.17) is 15.9 Å². The summed E-state index contributed by atoms with van der Waals surface area (Å²) >= 11 is 0. The molecule has 0 fully saturated rings. The van der Waals surface area contributed by atoms with Crippen LogP contribution in [0.5, 0.6) is 0 Å². The van der Waals surface area contributed by atoms with Gasteiger partial charge in [0.15, 0.2) is 0 Å². The van der Waals surface area contributed by atoms with Crippen LogP contribution >= 0.6 is 0 Å². The first-order valence-electron chi connectivity index (χ1n) is 2.68. The quantitative estimate of drug-likeness (QED) is 0.413. The Kier molecular flexibility index (Phi) is 3.60. The van der Waals surface area contributed by atoms with Crippen LogP contribution in [0, 0.1) is 0 Å². The van der Waals surface area contributed by atoms with Gasteiger partial charge in [0.2, 0.25) is 0 Å². The molecule has 10 heavy (non-hydrogen) atoms. The average Bonchev–Trinajstić information content (AvgIpc) is 1.85. The topological polar surface area (TPSA) is 101 Å². The second-order valence-corrected chi connectivity index (χ2v) is 1.88. The third kappa shape index (κ3) is 3.16. The molecule has 0 aromatic rings. The van der Waals surface area contributed by atoms with Crippen LogP contribution in [0.15, 0.2) is 0 Å². The summed E-state index contributed by atoms with van der Waals surface area (Å²) in [4.78, 5) is 19.7. The molecule has 2 atom stereocenters. The first kappa shape index (κ1) is 9.06. The van der Waals surface area contributed by atoms with Crippen molar-refractivity contribution in [1.82, 2.24) is 0 Å². The van der Waals surface area contributed by atoms with Gasteiger partial charge in [-0.2, -0.15) is 0 Å². The molecular weight excluding hydrogens is 138 g/mol. The Bertz CT molecular complexity index is 136. The van der Waals surface area contributed by atoms with Gasteiger partial charge in [0.25, 0.3) is 0 Å². The third-order valence-corrected chi connectivity index (χ3v) is 0.985. The number of rotatable bonds is 4. The van der Waals surface area contributed by atoms with Gasteiger partial charge in [-0.15, -0.1) is 0 Å². The zero-order chi connectivity index (χ0) is 8.15. The van der Waals surface area contributed by atoms with E-state index in [0.29, 0.717) is 6.29 Å². The third-order valence-electron chi connectivity index (χ3n) is 0.985. The summed E-state index contributed by atoms with van der Waals surface area (Å²) in [6.45, 7) is 0. The Labute approximate surface area is 57.5 Å². The monoisotopic (exact) mass is 147 g/mol. The Morgan fingerprint density at radius 1 is 1.70 bits per heavy atom. The van der Waals surface area contributed by atoms with Gasteiger partial charge in [-0.3, -0.25) is 4.79 Å². The highest BCUT2D eigenvalue weighted by Crippen LogP contribution is 1.93. The zero-order valence-corrected chi connectivity index (χ0v) is 5.23. The van der Waals surface area contributed by atoms with Crippen molar-refractivity contribution in [2.75, 3.05) is 0 Å². The van der Waals surface area contributed by atoms with Gasteiger partial charge in [0.1, 0.15) is 6.29 Å². The van der Waals surface area contributed by atoms with Crippen molar-refractivity contribution in [3.05, 3.63) is 0 Å². The minimum absolute atomic E-state index is 0.313. The van der Waals surface area contributed by atoms with Gasteiger partial charge < -0.3 is 20.7 Å². The van der Waals surface area contributed by atoms with E-state index in [-0.39, 0.29) is 0 Å². The van der Waals surface area contributed by atoms with Crippen molar-refractivity contribution in [1.29, 1.82) is 0 Å². The Hall–Kier alpha value is -0.940. The maximum Gasteiger partial charge on any atom is 0.306 e. The van der Waals surface area contributed by atoms with Crippen molar-refractivity contribution in [2.24, 2.45) is 5.73 Å². The highest BCUT2D eigenvalue weighted by Gasteiger charge is 2.16. The van der Waals surface area contributed by atoms with Crippen LogP contribution in [0.4, 0.5) is 0 Å². The maximum atomic E-state index is 9.90. The molecule has 0 radical (unpaired) electrons. The van der Waals surface area contributed by atoms with E-state index in [9.17, 15) is 9.59 Å². The molecular formula is C5H9NO4. The number of carbonyl (C=O) groups excluding carboxylic acids is 1. The lowest BCUT2D eigenvalue weighted by Crippen LogP contribution is -2.37. The lowest BCUT2D eigenvalue weighted by molar-refractivity contribution is -0.139. The average molecular weight is 147 g/mol. The van der Waals surface area contributed by atoms with Gasteiger partial charge in [-0.1, -0.05) is 0 Å². The van der Waals surface area contributed by atoms with Gasteiger partial charge in [-0.05, 0) is 0 Å². The SMILES string of the molecule is N[C@@H](C=O)[C@H](O)CC(=O)O. The second-order valence-electron chi connectivity index (χ2n) is 1.88. The molecule has 0 saturated heterocycles. The second kappa shape index (κ2) is 3.97. The normalized spacial score (nSPS) is 15.8. The van der Waals surface area contributed by atoms with Crippen LogP contribution in [-0.4, -0.2) is 34.6 Å². The molecule has 5 nitrogen and oxygen atoms in total. The largest absolute Gasteiger partial charge is 0.481 e. The number of hydrogen-bond acceptors (Lipinski definition) is 4. The summed E-state index contributed by atoms with van der Waals surface area (Å²) in [6, 6.07) is -1.10. The predicted octanol–water partition coefficient (Wildman–Crippen LogP) is -1.65. The van der Waals surface area contributed by atoms with Crippen LogP contribution < -0.4 is 5.73 Å². The van der Waals surface area contributed by atoms with E-state index in [1.165, 1.54) is 0 Å². The number of aliphatic hydroxyl groups is 1. The van der Waals surface area contributed by atoms with E-state index in [1.54, 1.807) is 0 Å². The molecule has 5 heteroatoms. The summed E-state index contributed by atoms with van der Waals surface area (Å²) in [5, 5.41) is 16.8. The standard InChI is InChI=1S/C5H9NO4/c6-3(2-7)4(8)1-5(9)10/h2-4,8H,1,6H2,(H,9,10)/t3-,4+/m0/s1. The van der Waals surface area contributed by atoms with Crippen molar-refractivity contribution in [3.8, 4) is 0 Å². The number of hydrogen-bond donors (Lipinski definition) is 3. The Morgan fingerprint density at radius 3 is 2.50 bits per heavy atom. The fourth-order valence-corrected chi connectivity index (χ4v) is 0.406. The van der Waals surface area contributed by atoms with Gasteiger partial charge in [0, 0.05) is 0 Å². The number of aldehydes is 1. The molecule has 0 aliphatic heterocycles. The van der Waals surface area contributed by atoms with Crippen LogP contribution in [0.25, 0.3) is 0 Å². The lowest BCUT2D eigenvalue weighted by atomic mass is 10.1. The van der Waals surface area contributed by atoms with Crippen LogP contribution in [-0.2, 0) is 9.59 Å². The zero-order valence-electron chi connectivity index (χ0n) is 5.23. The summed E-state index contributed by atoms with van der Waals surface area (Å²) in [5.74, 6) is -1.18. The van der Waals surface area contributed by atoms with Crippen molar-refractivity contribution in [3.63, 3.8) is 0 Å². The summed E-state index contributed by atoms with van der Waals surface area (Å²) in [5.41, 5.74) is 4.98. The van der Waals surface area contributed by atoms with E-state index in [2.05, 4.69) is 0 Å². The minimum atomic E-state index is -1.28. The molecule has 0 bridgehead atoms. The number of nitrogens with two attached hydrogens (primary N) is 1. The fraction of sp³-hybridized carbons (Fsp3) is 0.600. The number of aliphatic carboxylic acids is 1. The molecule has 0 unspecified atom stereocenters. The number of carbonyl (C=O) groups is 2. The minimum Gasteiger partial charge on any atom is -0.481 e. The molecule has 4 N–H and O–H groups in total. The number of aliphatic hydroxyl groups excluding tert-OH is 1. The molecule has 0 rings (SSSR count). The lowest BCUT2D eigenvalue weighted by Gasteiger charge is -2.09. The Balaban J connectivity index is 3.71. The molecule has 0 aliphatic carbocycles. The number of carboxylic acids is 1. The van der Waals surface area contributed by atoms with Crippen LogP contribution in [0.2, 0.25) is 0 Å². The molecule has 0 amide bonds. The maximum absolute atomic E-state index is 9.90. The first-order valence-corrected chi connectivity index (χ1v) is 2.68. The van der Waals surface area contributed by atoms with Crippen molar-refractivity contribution >= 4 is 12.3 Å². The molecule has 0 spiro atoms. The fourth-order valence-electron chi connectivity index (χ4n) is 0.406. The van der Waals surface area contributed by atoms with Crippen LogP contribution in [0.3, 0.4) is 0 Å². The first-order chi connectivity index (χ1) is 4.57. The molecule has 0 heterocycles. The number of carboxylic acid groups (broad SMARTS) is 1. The highest BCUT2D eigenvalue weighted by atomic mass is 16.4. The molecule has 0 saturated carbocycles. The van der Waals surface area contributed by atoms with E-state index in [0.717, 1.165) is 0 Å². The smallest absolute Gasteiger partial charge is 0.306 e. The summed E-state index contributed by atoms with van der Waals surface area (Å²) < 4.78 is 0. The van der Waals surface area contributed by atoms with Crippen LogP contribution in [0.1, 0.15) is 6.42 Å². The highest BCUT2D eigenvalue weighted by molar-refractivity contribution is 5.69. The molecule has 0 aliphatic rings. The molecule has 0 aromatic carbocycles. The van der Waals surface area contributed by atoms with E-state index in [1.807, 2.05) is 0 Å². The predicted molar refractivity (Wildman–Crippen MR) is 32.3 cm³/mol. The van der Waals surface area contributed by atoms with Crippen molar-refractivity contribution < 1.29 is 19.8 Å².